The van der Waals surface area contributed by atoms with E-state index in [1.54, 1.807) is 5.43 Å². The lowest BCUT2D eigenvalue weighted by Gasteiger charge is -1.84. The first-order valence-corrected chi connectivity index (χ1v) is 1.94. The van der Waals surface area contributed by atoms with Gasteiger partial charge in [0, 0.05) is 0 Å². The third-order valence-electron chi connectivity index (χ3n) is 0.530. The zero-order chi connectivity index (χ0) is 7.28. The van der Waals surface area contributed by atoms with Gasteiger partial charge in [-0.2, -0.15) is 4.79 Å². The molecular weight excluding hydrogens is 124 g/mol. The first-order chi connectivity index (χ1) is 4.22. The minimum absolute atomic E-state index is 0.447. The number of rotatable bonds is 2. The summed E-state index contributed by atoms with van der Waals surface area (Å²) in [7, 11) is 0. The lowest BCUT2D eigenvalue weighted by molar-refractivity contribution is -0.135. The van der Waals surface area contributed by atoms with Crippen LogP contribution in [0.1, 0.15) is 0 Å². The molecule has 0 radical (unpaired) electrons. The van der Waals surface area contributed by atoms with Gasteiger partial charge in [0.2, 0.25) is 0 Å². The molecule has 0 aromatic carbocycles. The van der Waals surface area contributed by atoms with Crippen LogP contribution in [0.4, 0.5) is 0 Å². The average molecular weight is 128 g/mol. The van der Waals surface area contributed by atoms with Crippen molar-refractivity contribution in [1.29, 1.82) is 0 Å². The molecular formula is C3H4N4O2. The van der Waals surface area contributed by atoms with Gasteiger partial charge in [0.15, 0.2) is 0 Å². The standard InChI is InChI=1S/C3H4N4O2/c4-6-1-2(8)3(9)7-5/h1H,5H2,(H,7,9). The van der Waals surface area contributed by atoms with E-state index in [2.05, 4.69) is 10.6 Å². The highest BCUT2D eigenvalue weighted by molar-refractivity contribution is 6.57. The second kappa shape index (κ2) is 3.48. The fraction of sp³-hybridized carbons (Fsp3) is 0. The fourth-order valence-corrected chi connectivity index (χ4v) is 0.182. The van der Waals surface area contributed by atoms with Crippen molar-refractivity contribution >= 4 is 17.9 Å². The summed E-state index contributed by atoms with van der Waals surface area (Å²) in [4.78, 5) is 22.6. The lowest BCUT2D eigenvalue weighted by atomic mass is 10.4. The Hall–Kier alpha value is -1.52. The first kappa shape index (κ1) is 7.48. The van der Waals surface area contributed by atoms with Crippen LogP contribution in [0.15, 0.2) is 0 Å². The SMILES string of the molecule is [N-]=[N+]=CC(=O)C(=O)NN. The number of nitrogens with zero attached hydrogens (tertiary/aromatic N) is 2. The largest absolute Gasteiger partial charge is 0.361 e. The van der Waals surface area contributed by atoms with Gasteiger partial charge in [-0.05, 0) is 0 Å². The van der Waals surface area contributed by atoms with Crippen LogP contribution in [0, 0.1) is 0 Å². The first-order valence-electron chi connectivity index (χ1n) is 1.94. The quantitative estimate of drug-likeness (QED) is 0.0840. The summed E-state index contributed by atoms with van der Waals surface area (Å²) >= 11 is 0. The van der Waals surface area contributed by atoms with Crippen LogP contribution in [0.25, 0.3) is 5.53 Å². The average Bonchev–Trinajstić information content (AvgIpc) is 1.87. The Kier molecular flexibility index (Phi) is 2.89. The Morgan fingerprint density at radius 1 is 1.67 bits per heavy atom. The summed E-state index contributed by atoms with van der Waals surface area (Å²) in [5.74, 6) is 2.52. The fourth-order valence-electron chi connectivity index (χ4n) is 0.182. The molecule has 0 atom stereocenters. The highest BCUT2D eigenvalue weighted by Crippen LogP contribution is 1.60. The number of carbonyl (C=O) groups excluding carboxylic acids is 2. The van der Waals surface area contributed by atoms with Crippen LogP contribution in [-0.2, 0) is 9.59 Å². The number of Topliss-reactive ketones (excluding diaryl/α,β-unsaturated/α-hetero) is 1. The maximum atomic E-state index is 10.2. The van der Waals surface area contributed by atoms with Gasteiger partial charge in [-0.25, -0.2) is 5.84 Å². The van der Waals surface area contributed by atoms with E-state index in [9.17, 15) is 9.59 Å². The number of amides is 1. The molecule has 0 aromatic heterocycles. The molecule has 0 aromatic rings. The third-order valence-corrected chi connectivity index (χ3v) is 0.530. The van der Waals surface area contributed by atoms with Gasteiger partial charge in [0.25, 0.3) is 0 Å². The summed E-state index contributed by atoms with van der Waals surface area (Å²) < 4.78 is 0. The van der Waals surface area contributed by atoms with Crippen molar-refractivity contribution in [2.24, 2.45) is 5.84 Å². The Labute approximate surface area is 50.2 Å². The van der Waals surface area contributed by atoms with Crippen LogP contribution in [0.3, 0.4) is 0 Å². The topological polar surface area (TPSA) is 109 Å². The number of hydrazine groups is 1. The molecule has 48 valence electrons. The number of hydrogen-bond acceptors (Lipinski definition) is 3. The zero-order valence-electron chi connectivity index (χ0n) is 4.37. The van der Waals surface area contributed by atoms with E-state index < -0.39 is 11.7 Å². The van der Waals surface area contributed by atoms with Gasteiger partial charge < -0.3 is 5.53 Å². The van der Waals surface area contributed by atoms with Crippen molar-refractivity contribution in [2.45, 2.75) is 0 Å². The van der Waals surface area contributed by atoms with Gasteiger partial charge in [0.1, 0.15) is 0 Å². The van der Waals surface area contributed by atoms with Gasteiger partial charge in [0.05, 0.1) is 0 Å². The molecule has 0 bridgehead atoms. The van der Waals surface area contributed by atoms with E-state index in [0.29, 0.717) is 6.21 Å². The normalized spacial score (nSPS) is 7.22. The smallest absolute Gasteiger partial charge is 0.333 e. The zero-order valence-corrected chi connectivity index (χ0v) is 4.37. The van der Waals surface area contributed by atoms with E-state index in [1.807, 2.05) is 0 Å². The van der Waals surface area contributed by atoms with E-state index in [4.69, 9.17) is 5.53 Å². The summed E-state index contributed by atoms with van der Waals surface area (Å²) in [6.07, 6.45) is 0.447. The Balaban J connectivity index is 4.04. The molecule has 9 heavy (non-hydrogen) atoms. The molecule has 0 unspecified atom stereocenters. The van der Waals surface area contributed by atoms with Crippen molar-refractivity contribution in [3.63, 3.8) is 0 Å². The number of ketones is 1. The predicted molar refractivity (Wildman–Crippen MR) is 27.0 cm³/mol. The summed E-state index contributed by atoms with van der Waals surface area (Å²) in [5, 5.41) is 0. The molecule has 0 fully saturated rings. The van der Waals surface area contributed by atoms with Gasteiger partial charge in [-0.3, -0.25) is 15.0 Å². The third kappa shape index (κ3) is 2.32. The molecule has 0 rings (SSSR count). The van der Waals surface area contributed by atoms with E-state index >= 15 is 0 Å². The number of carbonyl (C=O) groups is 2. The van der Waals surface area contributed by atoms with Crippen molar-refractivity contribution in [2.75, 3.05) is 0 Å². The second-order valence-electron chi connectivity index (χ2n) is 1.08. The Bertz CT molecular complexity index is 180. The highest BCUT2D eigenvalue weighted by Gasteiger charge is 2.11. The molecule has 0 aliphatic carbocycles. The maximum Gasteiger partial charge on any atom is 0.333 e. The van der Waals surface area contributed by atoms with Crippen molar-refractivity contribution in [3.8, 4) is 0 Å². The molecule has 3 N–H and O–H groups in total. The van der Waals surface area contributed by atoms with Crippen LogP contribution in [0.2, 0.25) is 0 Å². The van der Waals surface area contributed by atoms with Crippen LogP contribution in [-0.4, -0.2) is 22.7 Å². The monoisotopic (exact) mass is 128 g/mol. The number of nitrogens with one attached hydrogen (secondary N) is 1. The molecule has 0 saturated heterocycles. The summed E-state index contributed by atoms with van der Waals surface area (Å²) in [6, 6.07) is 0. The van der Waals surface area contributed by atoms with Crippen molar-refractivity contribution < 1.29 is 14.4 Å². The van der Waals surface area contributed by atoms with Crippen molar-refractivity contribution in [3.05, 3.63) is 5.53 Å². The Morgan fingerprint density at radius 3 is 2.56 bits per heavy atom. The Morgan fingerprint density at radius 2 is 2.22 bits per heavy atom. The minimum atomic E-state index is -1.02. The van der Waals surface area contributed by atoms with Gasteiger partial charge in [-0.1, -0.05) is 0 Å². The van der Waals surface area contributed by atoms with Crippen LogP contribution >= 0.6 is 0 Å². The van der Waals surface area contributed by atoms with Gasteiger partial charge in [-0.15, -0.1) is 0 Å². The summed E-state index contributed by atoms with van der Waals surface area (Å²) in [6.45, 7) is 0. The van der Waals surface area contributed by atoms with Crippen LogP contribution in [0.5, 0.6) is 0 Å². The number of hydrogen-bond donors (Lipinski definition) is 2. The molecule has 0 aliphatic heterocycles. The highest BCUT2D eigenvalue weighted by atomic mass is 16.2. The van der Waals surface area contributed by atoms with Gasteiger partial charge >= 0.3 is 17.9 Å². The van der Waals surface area contributed by atoms with E-state index in [1.165, 1.54) is 0 Å². The molecule has 6 nitrogen and oxygen atoms in total. The van der Waals surface area contributed by atoms with E-state index in [0.717, 1.165) is 0 Å². The maximum absolute atomic E-state index is 10.2. The number of nitrogens with two attached hydrogens (primary N) is 1. The van der Waals surface area contributed by atoms with Crippen molar-refractivity contribution in [1.82, 2.24) is 5.43 Å². The molecule has 6 heteroatoms. The summed E-state index contributed by atoms with van der Waals surface area (Å²) in [5.41, 5.74) is 9.27. The molecule has 0 aliphatic rings. The lowest BCUT2D eigenvalue weighted by Crippen LogP contribution is -2.36. The molecule has 0 saturated carbocycles. The predicted octanol–water partition coefficient (Wildman–Crippen LogP) is -2.15. The minimum Gasteiger partial charge on any atom is -0.361 e. The molecule has 0 heterocycles. The van der Waals surface area contributed by atoms with E-state index in [-0.39, 0.29) is 0 Å². The molecule has 0 spiro atoms. The van der Waals surface area contributed by atoms with Crippen LogP contribution < -0.4 is 11.3 Å². The molecule has 1 amide bonds. The second-order valence-corrected chi connectivity index (χ2v) is 1.08.